The number of aromatic amines is 1. The Labute approximate surface area is 105 Å². The fraction of sp³-hybridized carbons (Fsp3) is 0.182. The van der Waals surface area contributed by atoms with Gasteiger partial charge < -0.3 is 10.7 Å². The maximum absolute atomic E-state index is 11.9. The number of nitrogens with two attached hydrogens (primary N) is 1. The van der Waals surface area contributed by atoms with E-state index in [0.717, 1.165) is 5.69 Å². The summed E-state index contributed by atoms with van der Waals surface area (Å²) in [6.45, 7) is 0.314. The predicted molar refractivity (Wildman–Crippen MR) is 68.3 cm³/mol. The largest absolute Gasteiger partial charge is 0.399 e. The smallest absolute Gasteiger partial charge is 0.240 e. The Bertz CT molecular complexity index is 590. The number of nitrogens with one attached hydrogen (secondary N) is 2. The average molecular weight is 266 g/mol. The maximum Gasteiger partial charge on any atom is 0.240 e. The zero-order valence-corrected chi connectivity index (χ0v) is 10.4. The van der Waals surface area contributed by atoms with Crippen LogP contribution in [0.15, 0.2) is 41.7 Å². The first-order chi connectivity index (χ1) is 8.58. The third kappa shape index (κ3) is 3.08. The van der Waals surface area contributed by atoms with Crippen LogP contribution in [0.3, 0.4) is 0 Å². The molecule has 4 N–H and O–H groups in total. The monoisotopic (exact) mass is 266 g/mol. The van der Waals surface area contributed by atoms with Gasteiger partial charge in [0.1, 0.15) is 0 Å². The van der Waals surface area contributed by atoms with Gasteiger partial charge in [-0.15, -0.1) is 0 Å². The van der Waals surface area contributed by atoms with E-state index in [4.69, 9.17) is 5.73 Å². The van der Waals surface area contributed by atoms with E-state index >= 15 is 0 Å². The highest BCUT2D eigenvalue weighted by Gasteiger charge is 2.12. The highest BCUT2D eigenvalue weighted by molar-refractivity contribution is 7.89. The van der Waals surface area contributed by atoms with Gasteiger partial charge in [0, 0.05) is 30.5 Å². The van der Waals surface area contributed by atoms with E-state index in [0.29, 0.717) is 18.7 Å². The van der Waals surface area contributed by atoms with Gasteiger partial charge in [-0.3, -0.25) is 0 Å². The van der Waals surface area contributed by atoms with Crippen LogP contribution >= 0.6 is 0 Å². The number of sulfonamides is 1. The van der Waals surface area contributed by atoms with Gasteiger partial charge in [0.05, 0.1) is 11.2 Å². The summed E-state index contributed by atoms with van der Waals surface area (Å²) in [5, 5.41) is 0. The van der Waals surface area contributed by atoms with Crippen LogP contribution in [0.25, 0.3) is 0 Å². The first-order valence-corrected chi connectivity index (χ1v) is 6.89. The second-order valence-corrected chi connectivity index (χ2v) is 5.56. The third-order valence-corrected chi connectivity index (χ3v) is 3.91. The van der Waals surface area contributed by atoms with E-state index in [1.54, 1.807) is 24.7 Å². The molecular weight excluding hydrogens is 252 g/mol. The van der Waals surface area contributed by atoms with Crippen LogP contribution < -0.4 is 10.5 Å². The molecule has 0 bridgehead atoms. The standard InChI is InChI=1S/C11H14N4O2S/c12-9-1-3-11(4-2-9)18(16,17)15-6-5-10-7-13-8-14-10/h1-4,7-8,15H,5-6,12H2,(H,13,14). The molecule has 0 amide bonds. The molecule has 0 spiro atoms. The topological polar surface area (TPSA) is 101 Å². The summed E-state index contributed by atoms with van der Waals surface area (Å²) < 4.78 is 26.3. The minimum Gasteiger partial charge on any atom is -0.399 e. The van der Waals surface area contributed by atoms with Crippen LogP contribution in [-0.4, -0.2) is 24.9 Å². The number of hydrogen-bond donors (Lipinski definition) is 3. The average Bonchev–Trinajstić information content (AvgIpc) is 2.82. The molecule has 1 aromatic carbocycles. The first kappa shape index (κ1) is 12.6. The second-order valence-electron chi connectivity index (χ2n) is 3.79. The SMILES string of the molecule is Nc1ccc(S(=O)(=O)NCCc2cnc[nH]2)cc1. The van der Waals surface area contributed by atoms with Gasteiger partial charge >= 0.3 is 0 Å². The van der Waals surface area contributed by atoms with Crippen LogP contribution in [0.4, 0.5) is 5.69 Å². The van der Waals surface area contributed by atoms with Crippen LogP contribution in [0.2, 0.25) is 0 Å². The molecule has 0 saturated heterocycles. The lowest BCUT2D eigenvalue weighted by Crippen LogP contribution is -2.26. The minimum atomic E-state index is -3.47. The van der Waals surface area contributed by atoms with Gasteiger partial charge in [0.2, 0.25) is 10.0 Å². The predicted octanol–water partition coefficient (Wildman–Crippen LogP) is 0.513. The Hall–Kier alpha value is -1.86. The lowest BCUT2D eigenvalue weighted by atomic mass is 10.3. The minimum absolute atomic E-state index is 0.210. The van der Waals surface area contributed by atoms with Crippen molar-refractivity contribution in [1.29, 1.82) is 0 Å². The Morgan fingerprint density at radius 3 is 2.61 bits per heavy atom. The molecule has 0 aliphatic carbocycles. The van der Waals surface area contributed by atoms with Crippen molar-refractivity contribution in [2.45, 2.75) is 11.3 Å². The summed E-state index contributed by atoms with van der Waals surface area (Å²) in [6.07, 6.45) is 3.79. The van der Waals surface area contributed by atoms with E-state index in [1.807, 2.05) is 0 Å². The van der Waals surface area contributed by atoms with Gasteiger partial charge in [0.15, 0.2) is 0 Å². The fourth-order valence-corrected chi connectivity index (χ4v) is 2.50. The van der Waals surface area contributed by atoms with Crippen LogP contribution in [-0.2, 0) is 16.4 Å². The maximum atomic E-state index is 11.9. The van der Waals surface area contributed by atoms with E-state index in [1.165, 1.54) is 12.1 Å². The lowest BCUT2D eigenvalue weighted by molar-refractivity contribution is 0.581. The van der Waals surface area contributed by atoms with Gasteiger partial charge in [0.25, 0.3) is 0 Å². The molecule has 6 nitrogen and oxygen atoms in total. The molecule has 2 aromatic rings. The third-order valence-electron chi connectivity index (χ3n) is 2.43. The molecule has 18 heavy (non-hydrogen) atoms. The van der Waals surface area contributed by atoms with Crippen LogP contribution in [0, 0.1) is 0 Å². The number of nitrogen functional groups attached to an aromatic ring is 1. The molecule has 0 atom stereocenters. The van der Waals surface area contributed by atoms with Crippen molar-refractivity contribution in [2.24, 2.45) is 0 Å². The Balaban J connectivity index is 1.97. The quantitative estimate of drug-likeness (QED) is 0.686. The number of benzene rings is 1. The molecule has 1 heterocycles. The lowest BCUT2D eigenvalue weighted by Gasteiger charge is -2.06. The molecule has 0 aliphatic heterocycles. The molecule has 96 valence electrons. The van der Waals surface area contributed by atoms with Crippen molar-refractivity contribution in [3.05, 3.63) is 42.5 Å². The molecule has 0 radical (unpaired) electrons. The first-order valence-electron chi connectivity index (χ1n) is 5.40. The van der Waals surface area contributed by atoms with Crippen molar-refractivity contribution >= 4 is 15.7 Å². The van der Waals surface area contributed by atoms with Gasteiger partial charge in [-0.1, -0.05) is 0 Å². The number of aromatic nitrogens is 2. The van der Waals surface area contributed by atoms with E-state index < -0.39 is 10.0 Å². The van der Waals surface area contributed by atoms with Gasteiger partial charge in [-0.05, 0) is 24.3 Å². The number of anilines is 1. The summed E-state index contributed by atoms with van der Waals surface area (Å²) in [5.74, 6) is 0. The van der Waals surface area contributed by atoms with Gasteiger partial charge in [-0.25, -0.2) is 18.1 Å². The number of H-pyrrole nitrogens is 1. The van der Waals surface area contributed by atoms with Crippen LogP contribution in [0.5, 0.6) is 0 Å². The Kier molecular flexibility index (Phi) is 3.63. The zero-order valence-electron chi connectivity index (χ0n) is 9.63. The fourth-order valence-electron chi connectivity index (χ4n) is 1.47. The van der Waals surface area contributed by atoms with Gasteiger partial charge in [-0.2, -0.15) is 0 Å². The molecule has 0 fully saturated rings. The van der Waals surface area contributed by atoms with Crippen molar-refractivity contribution < 1.29 is 8.42 Å². The van der Waals surface area contributed by atoms with Crippen molar-refractivity contribution in [3.8, 4) is 0 Å². The zero-order chi connectivity index (χ0) is 13.0. The molecule has 2 rings (SSSR count). The Morgan fingerprint density at radius 2 is 2.00 bits per heavy atom. The van der Waals surface area contributed by atoms with Crippen molar-refractivity contribution in [3.63, 3.8) is 0 Å². The molecule has 0 unspecified atom stereocenters. The summed E-state index contributed by atoms with van der Waals surface area (Å²) >= 11 is 0. The van der Waals surface area contributed by atoms with E-state index in [9.17, 15) is 8.42 Å². The Morgan fingerprint density at radius 1 is 1.28 bits per heavy atom. The number of imidazole rings is 1. The van der Waals surface area contributed by atoms with Crippen molar-refractivity contribution in [2.75, 3.05) is 12.3 Å². The highest BCUT2D eigenvalue weighted by Crippen LogP contribution is 2.11. The molecule has 0 aliphatic rings. The normalized spacial score (nSPS) is 11.6. The molecule has 1 aromatic heterocycles. The summed E-state index contributed by atoms with van der Waals surface area (Å²) in [7, 11) is -3.47. The molecular formula is C11H14N4O2S. The summed E-state index contributed by atoms with van der Waals surface area (Å²) in [6, 6.07) is 6.08. The number of nitrogens with zero attached hydrogens (tertiary/aromatic N) is 1. The number of rotatable bonds is 5. The highest BCUT2D eigenvalue weighted by atomic mass is 32.2. The second kappa shape index (κ2) is 5.19. The van der Waals surface area contributed by atoms with Crippen molar-refractivity contribution in [1.82, 2.24) is 14.7 Å². The van der Waals surface area contributed by atoms with Crippen LogP contribution in [0.1, 0.15) is 5.69 Å². The summed E-state index contributed by atoms with van der Waals surface area (Å²) in [4.78, 5) is 6.98. The molecule has 0 saturated carbocycles. The summed E-state index contributed by atoms with van der Waals surface area (Å²) in [5.41, 5.74) is 6.93. The number of hydrogen-bond acceptors (Lipinski definition) is 4. The van der Waals surface area contributed by atoms with E-state index in [-0.39, 0.29) is 4.90 Å². The van der Waals surface area contributed by atoms with E-state index in [2.05, 4.69) is 14.7 Å². The molecule has 7 heteroatoms.